The molecule has 0 heterocycles. The Morgan fingerprint density at radius 2 is 1.53 bits per heavy atom. The molecule has 0 bridgehead atoms. The highest BCUT2D eigenvalue weighted by molar-refractivity contribution is 5.82. The Labute approximate surface area is 225 Å². The standard InChI is InChI=1S/C29H40N2O7/c1-8-36-26(33)24(31-27(34)38-29(5,6)7)16-20-12-14-21(15-13-20)22-10-9-11-23(17-22)30-19-35-18-25(32)37-28(2,3)4/h9-15,17,24,30H,8,16,18-19H2,1-7H3,(H,31,34)/t24-/m0/s1. The maximum Gasteiger partial charge on any atom is 0.408 e. The molecule has 0 saturated carbocycles. The highest BCUT2D eigenvalue weighted by Gasteiger charge is 2.25. The van der Waals surface area contributed by atoms with Gasteiger partial charge in [0.15, 0.2) is 0 Å². The molecule has 0 radical (unpaired) electrons. The van der Waals surface area contributed by atoms with Crippen LogP contribution in [0.4, 0.5) is 10.5 Å². The van der Waals surface area contributed by atoms with Gasteiger partial charge in [0.1, 0.15) is 30.6 Å². The third-order valence-corrected chi connectivity index (χ3v) is 4.87. The number of hydrogen-bond donors (Lipinski definition) is 2. The lowest BCUT2D eigenvalue weighted by molar-refractivity contribution is -0.160. The summed E-state index contributed by atoms with van der Waals surface area (Å²) in [6.45, 7) is 12.6. The van der Waals surface area contributed by atoms with E-state index in [0.29, 0.717) is 0 Å². The summed E-state index contributed by atoms with van der Waals surface area (Å²) in [7, 11) is 0. The van der Waals surface area contributed by atoms with Crippen molar-refractivity contribution in [3.05, 3.63) is 54.1 Å². The highest BCUT2D eigenvalue weighted by atomic mass is 16.6. The van der Waals surface area contributed by atoms with Crippen molar-refractivity contribution < 1.29 is 33.3 Å². The van der Waals surface area contributed by atoms with Crippen molar-refractivity contribution in [1.82, 2.24) is 5.32 Å². The van der Waals surface area contributed by atoms with Crippen molar-refractivity contribution in [3.8, 4) is 11.1 Å². The Morgan fingerprint density at radius 1 is 0.868 bits per heavy atom. The second-order valence-corrected chi connectivity index (χ2v) is 10.7. The molecule has 2 rings (SSSR count). The Hall–Kier alpha value is -3.59. The molecule has 0 aliphatic carbocycles. The second kappa shape index (κ2) is 13.8. The number of hydrogen-bond acceptors (Lipinski definition) is 8. The summed E-state index contributed by atoms with van der Waals surface area (Å²) in [5, 5.41) is 5.75. The maximum absolute atomic E-state index is 12.4. The summed E-state index contributed by atoms with van der Waals surface area (Å²) in [6, 6.07) is 14.6. The van der Waals surface area contributed by atoms with E-state index in [2.05, 4.69) is 10.6 Å². The highest BCUT2D eigenvalue weighted by Crippen LogP contribution is 2.23. The quantitative estimate of drug-likeness (QED) is 0.180. The molecule has 1 atom stereocenters. The van der Waals surface area contributed by atoms with Crippen LogP contribution in [0.2, 0.25) is 0 Å². The molecule has 9 nitrogen and oxygen atoms in total. The van der Waals surface area contributed by atoms with Gasteiger partial charge in [0.25, 0.3) is 0 Å². The van der Waals surface area contributed by atoms with E-state index in [9.17, 15) is 14.4 Å². The number of carbonyl (C=O) groups is 3. The van der Waals surface area contributed by atoms with Crippen molar-refractivity contribution in [3.63, 3.8) is 0 Å². The van der Waals surface area contributed by atoms with Crippen LogP contribution in [0.25, 0.3) is 11.1 Å². The smallest absolute Gasteiger partial charge is 0.408 e. The van der Waals surface area contributed by atoms with Crippen LogP contribution in [-0.4, -0.2) is 55.2 Å². The lowest BCUT2D eigenvalue weighted by Gasteiger charge is -2.23. The second-order valence-electron chi connectivity index (χ2n) is 10.7. The normalized spacial score (nSPS) is 12.3. The average molecular weight is 529 g/mol. The number of esters is 2. The summed E-state index contributed by atoms with van der Waals surface area (Å²) in [4.78, 5) is 36.4. The summed E-state index contributed by atoms with van der Waals surface area (Å²) >= 11 is 0. The van der Waals surface area contributed by atoms with Crippen LogP contribution >= 0.6 is 0 Å². The first kappa shape index (κ1) is 30.6. The Morgan fingerprint density at radius 3 is 2.13 bits per heavy atom. The van der Waals surface area contributed by atoms with Crippen molar-refractivity contribution in [2.45, 2.75) is 72.1 Å². The molecule has 0 spiro atoms. The zero-order valence-corrected chi connectivity index (χ0v) is 23.4. The number of rotatable bonds is 11. The molecule has 1 amide bonds. The molecule has 2 N–H and O–H groups in total. The fourth-order valence-corrected chi connectivity index (χ4v) is 3.40. The van der Waals surface area contributed by atoms with Crippen LogP contribution in [0.1, 0.15) is 54.0 Å². The van der Waals surface area contributed by atoms with E-state index in [1.165, 1.54) is 0 Å². The van der Waals surface area contributed by atoms with E-state index >= 15 is 0 Å². The van der Waals surface area contributed by atoms with E-state index < -0.39 is 35.3 Å². The summed E-state index contributed by atoms with van der Waals surface area (Å²) in [6.07, 6.45) is -0.416. The van der Waals surface area contributed by atoms with Crippen LogP contribution in [0, 0.1) is 0 Å². The minimum atomic E-state index is -0.871. The van der Waals surface area contributed by atoms with Gasteiger partial charge in [-0.05, 0) is 77.3 Å². The average Bonchev–Trinajstić information content (AvgIpc) is 2.80. The SMILES string of the molecule is CCOC(=O)[C@H](Cc1ccc(-c2cccc(NCOCC(=O)OC(C)(C)C)c2)cc1)NC(=O)OC(C)(C)C. The summed E-state index contributed by atoms with van der Waals surface area (Å²) < 4.78 is 21.0. The number of nitrogens with one attached hydrogen (secondary N) is 2. The Bertz CT molecular complexity index is 1070. The third-order valence-electron chi connectivity index (χ3n) is 4.87. The summed E-state index contributed by atoms with van der Waals surface area (Å²) in [5.74, 6) is -0.935. The minimum Gasteiger partial charge on any atom is -0.464 e. The fraction of sp³-hybridized carbons (Fsp3) is 0.483. The number of benzene rings is 2. The van der Waals surface area contributed by atoms with Gasteiger partial charge in [-0.15, -0.1) is 0 Å². The molecule has 38 heavy (non-hydrogen) atoms. The first-order valence-corrected chi connectivity index (χ1v) is 12.6. The van der Waals surface area contributed by atoms with Crippen LogP contribution < -0.4 is 10.6 Å². The zero-order chi connectivity index (χ0) is 28.3. The van der Waals surface area contributed by atoms with Gasteiger partial charge in [0.2, 0.25) is 0 Å². The maximum atomic E-state index is 12.4. The van der Waals surface area contributed by atoms with Gasteiger partial charge >= 0.3 is 18.0 Å². The number of amides is 1. The van der Waals surface area contributed by atoms with Gasteiger partial charge in [-0.2, -0.15) is 0 Å². The molecule has 9 heteroatoms. The Balaban J connectivity index is 1.99. The zero-order valence-electron chi connectivity index (χ0n) is 23.4. The van der Waals surface area contributed by atoms with Crippen molar-refractivity contribution in [2.24, 2.45) is 0 Å². The molecule has 0 aromatic heterocycles. The van der Waals surface area contributed by atoms with Crippen molar-refractivity contribution in [2.75, 3.05) is 25.3 Å². The van der Waals surface area contributed by atoms with Gasteiger partial charge in [-0.3, -0.25) is 0 Å². The van der Waals surface area contributed by atoms with Gasteiger partial charge in [-0.25, -0.2) is 14.4 Å². The lowest BCUT2D eigenvalue weighted by atomic mass is 10.0. The Kier molecular flexibility index (Phi) is 11.1. The molecular weight excluding hydrogens is 488 g/mol. The molecule has 0 saturated heterocycles. The molecule has 0 fully saturated rings. The third kappa shape index (κ3) is 11.6. The number of anilines is 1. The first-order chi connectivity index (χ1) is 17.8. The minimum absolute atomic E-state index is 0.138. The van der Waals surface area contributed by atoms with E-state index in [0.717, 1.165) is 22.4 Å². The predicted molar refractivity (Wildman–Crippen MR) is 146 cm³/mol. The van der Waals surface area contributed by atoms with Crippen LogP contribution in [0.5, 0.6) is 0 Å². The topological polar surface area (TPSA) is 112 Å². The number of carbonyl (C=O) groups excluding carboxylic acids is 3. The van der Waals surface area contributed by atoms with E-state index in [-0.39, 0.29) is 26.4 Å². The molecule has 0 unspecified atom stereocenters. The summed E-state index contributed by atoms with van der Waals surface area (Å²) in [5.41, 5.74) is 2.40. The number of ether oxygens (including phenoxy) is 4. The van der Waals surface area contributed by atoms with Gasteiger partial charge < -0.3 is 29.6 Å². The number of alkyl carbamates (subject to hydrolysis) is 1. The molecule has 0 aliphatic rings. The van der Waals surface area contributed by atoms with Gasteiger partial charge in [0.05, 0.1) is 6.61 Å². The van der Waals surface area contributed by atoms with Crippen LogP contribution in [0.3, 0.4) is 0 Å². The van der Waals surface area contributed by atoms with Crippen LogP contribution in [-0.2, 0) is 35.0 Å². The molecule has 208 valence electrons. The fourth-order valence-electron chi connectivity index (χ4n) is 3.40. The van der Waals surface area contributed by atoms with Crippen molar-refractivity contribution in [1.29, 1.82) is 0 Å². The molecule has 2 aromatic carbocycles. The molecule has 0 aliphatic heterocycles. The molecule has 2 aromatic rings. The molecular formula is C29H40N2O7. The van der Waals surface area contributed by atoms with E-state index in [1.54, 1.807) is 48.5 Å². The van der Waals surface area contributed by atoms with Gasteiger partial charge in [-0.1, -0.05) is 36.4 Å². The lowest BCUT2D eigenvalue weighted by Crippen LogP contribution is -2.45. The van der Waals surface area contributed by atoms with Crippen molar-refractivity contribution >= 4 is 23.7 Å². The predicted octanol–water partition coefficient (Wildman–Crippen LogP) is 5.08. The monoisotopic (exact) mass is 528 g/mol. The largest absolute Gasteiger partial charge is 0.464 e. The van der Waals surface area contributed by atoms with Crippen LogP contribution in [0.15, 0.2) is 48.5 Å². The van der Waals surface area contributed by atoms with E-state index in [1.807, 2.05) is 48.5 Å². The van der Waals surface area contributed by atoms with Gasteiger partial charge in [0, 0.05) is 12.1 Å². The first-order valence-electron chi connectivity index (χ1n) is 12.6. The van der Waals surface area contributed by atoms with E-state index in [4.69, 9.17) is 18.9 Å².